The monoisotopic (exact) mass is 318 g/mol. The normalized spacial score (nSPS) is 11.4. The van der Waals surface area contributed by atoms with Crippen LogP contribution in [0.1, 0.15) is 30.9 Å². The van der Waals surface area contributed by atoms with E-state index in [4.69, 9.17) is 0 Å². The van der Waals surface area contributed by atoms with Crippen molar-refractivity contribution in [2.75, 3.05) is 0 Å². The minimum Gasteiger partial charge on any atom is -0.207 e. The Balaban J connectivity index is 2.95. The van der Waals surface area contributed by atoms with Crippen LogP contribution < -0.4 is 0 Å². The molecule has 0 aliphatic heterocycles. The zero-order valence-electron chi connectivity index (χ0n) is 12.0. The average Bonchev–Trinajstić information content (AvgIpc) is 2.44. The van der Waals surface area contributed by atoms with E-state index in [1.165, 1.54) is 13.8 Å². The third-order valence-corrected chi connectivity index (χ3v) is 3.44. The predicted molar refractivity (Wildman–Crippen MR) is 70.5 cm³/mol. The first-order valence-electron chi connectivity index (χ1n) is 6.48. The number of hydrogen-bond acceptors (Lipinski definition) is 0. The molecule has 6 heteroatoms. The van der Waals surface area contributed by atoms with Crippen molar-refractivity contribution in [3.05, 3.63) is 58.2 Å². The van der Waals surface area contributed by atoms with Crippen LogP contribution in [0, 0.1) is 41.8 Å². The maximum absolute atomic E-state index is 14.1. The van der Waals surface area contributed by atoms with Crippen molar-refractivity contribution in [1.29, 1.82) is 0 Å². The molecular formula is C16H12F6. The Morgan fingerprint density at radius 1 is 0.727 bits per heavy atom. The van der Waals surface area contributed by atoms with Gasteiger partial charge in [-0.15, -0.1) is 0 Å². The van der Waals surface area contributed by atoms with Crippen LogP contribution in [-0.4, -0.2) is 0 Å². The van der Waals surface area contributed by atoms with Gasteiger partial charge in [-0.2, -0.15) is 0 Å². The van der Waals surface area contributed by atoms with Crippen molar-refractivity contribution in [2.45, 2.75) is 26.7 Å². The molecule has 0 aliphatic rings. The van der Waals surface area contributed by atoms with Crippen molar-refractivity contribution in [3.63, 3.8) is 0 Å². The Labute approximate surface area is 123 Å². The molecule has 0 aliphatic carbocycles. The molecule has 0 heterocycles. The average molecular weight is 318 g/mol. The first-order valence-corrected chi connectivity index (χ1v) is 6.48. The Bertz CT molecular complexity index is 720. The minimum absolute atomic E-state index is 0.0852. The smallest absolute Gasteiger partial charge is 0.170 e. The van der Waals surface area contributed by atoms with Crippen LogP contribution in [0.5, 0.6) is 0 Å². The van der Waals surface area contributed by atoms with E-state index in [1.54, 1.807) is 0 Å². The summed E-state index contributed by atoms with van der Waals surface area (Å²) in [6.07, 6.45) is 0. The van der Waals surface area contributed by atoms with Gasteiger partial charge >= 0.3 is 0 Å². The summed E-state index contributed by atoms with van der Waals surface area (Å²) < 4.78 is 82.9. The summed E-state index contributed by atoms with van der Waals surface area (Å²) in [4.78, 5) is 0. The molecule has 0 radical (unpaired) electrons. The zero-order valence-corrected chi connectivity index (χ0v) is 12.0. The molecule has 0 fully saturated rings. The van der Waals surface area contributed by atoms with Crippen molar-refractivity contribution < 1.29 is 26.3 Å². The van der Waals surface area contributed by atoms with Gasteiger partial charge in [0.1, 0.15) is 11.6 Å². The van der Waals surface area contributed by atoms with Gasteiger partial charge in [-0.3, -0.25) is 0 Å². The second kappa shape index (κ2) is 5.66. The molecule has 2 aromatic rings. The maximum Gasteiger partial charge on any atom is 0.170 e. The molecule has 0 aromatic heterocycles. The molecule has 0 N–H and O–H groups in total. The summed E-state index contributed by atoms with van der Waals surface area (Å²) in [6.45, 7) is 3.94. The largest absolute Gasteiger partial charge is 0.207 e. The molecule has 0 unspecified atom stereocenters. The lowest BCUT2D eigenvalue weighted by Crippen LogP contribution is -2.07. The molecule has 2 aromatic carbocycles. The molecule has 22 heavy (non-hydrogen) atoms. The van der Waals surface area contributed by atoms with E-state index in [0.717, 1.165) is 13.0 Å². The van der Waals surface area contributed by atoms with E-state index in [-0.39, 0.29) is 5.56 Å². The highest BCUT2D eigenvalue weighted by atomic mass is 19.2. The zero-order chi connectivity index (χ0) is 16.8. The lowest BCUT2D eigenvalue weighted by atomic mass is 9.90. The first kappa shape index (κ1) is 16.4. The van der Waals surface area contributed by atoms with Crippen LogP contribution in [0.25, 0.3) is 11.1 Å². The molecule has 0 saturated heterocycles. The standard InChI is InChI=1S/C16H12F6/c1-6(2)9-4-8(17)5-10(18)11(9)12-15(21)13(19)7(3)14(20)16(12)22/h4-6H,1-3H3. The molecule has 0 atom stereocenters. The molecule has 0 bridgehead atoms. The third-order valence-electron chi connectivity index (χ3n) is 3.44. The second-order valence-corrected chi connectivity index (χ2v) is 5.26. The predicted octanol–water partition coefficient (Wildman–Crippen LogP) is 5.62. The Morgan fingerprint density at radius 2 is 1.23 bits per heavy atom. The van der Waals surface area contributed by atoms with Gasteiger partial charge in [-0.1, -0.05) is 13.8 Å². The first-order chi connectivity index (χ1) is 10.2. The number of halogens is 6. The summed E-state index contributed by atoms with van der Waals surface area (Å²) in [5.41, 5.74) is -2.77. The van der Waals surface area contributed by atoms with Crippen LogP contribution in [-0.2, 0) is 0 Å². The van der Waals surface area contributed by atoms with Crippen molar-refractivity contribution in [1.82, 2.24) is 0 Å². The fraction of sp³-hybridized carbons (Fsp3) is 0.250. The fourth-order valence-electron chi connectivity index (χ4n) is 2.27. The molecular weight excluding hydrogens is 306 g/mol. The summed E-state index contributed by atoms with van der Waals surface area (Å²) in [7, 11) is 0. The van der Waals surface area contributed by atoms with E-state index in [9.17, 15) is 26.3 Å². The van der Waals surface area contributed by atoms with Crippen LogP contribution in [0.15, 0.2) is 12.1 Å². The van der Waals surface area contributed by atoms with Crippen LogP contribution in [0.3, 0.4) is 0 Å². The molecule has 0 spiro atoms. The summed E-state index contributed by atoms with van der Waals surface area (Å²) in [5, 5.41) is 0. The minimum atomic E-state index is -1.70. The number of benzene rings is 2. The van der Waals surface area contributed by atoms with Gasteiger partial charge in [-0.25, -0.2) is 26.3 Å². The molecule has 0 saturated carbocycles. The van der Waals surface area contributed by atoms with Crippen LogP contribution >= 0.6 is 0 Å². The lowest BCUT2D eigenvalue weighted by molar-refractivity contribution is 0.448. The molecule has 118 valence electrons. The molecule has 0 nitrogen and oxygen atoms in total. The maximum atomic E-state index is 14.1. The summed E-state index contributed by atoms with van der Waals surface area (Å²) >= 11 is 0. The van der Waals surface area contributed by atoms with E-state index in [1.807, 2.05) is 0 Å². The topological polar surface area (TPSA) is 0 Å². The van der Waals surface area contributed by atoms with Gasteiger partial charge in [0.05, 0.1) is 5.56 Å². The van der Waals surface area contributed by atoms with Crippen LogP contribution in [0.2, 0.25) is 0 Å². The van der Waals surface area contributed by atoms with Gasteiger partial charge in [0.15, 0.2) is 23.3 Å². The Kier molecular flexibility index (Phi) is 4.22. The van der Waals surface area contributed by atoms with E-state index in [2.05, 4.69) is 0 Å². The van der Waals surface area contributed by atoms with Gasteiger partial charge in [0.2, 0.25) is 0 Å². The quantitative estimate of drug-likeness (QED) is 0.498. The third kappa shape index (κ3) is 2.46. The fourth-order valence-corrected chi connectivity index (χ4v) is 2.27. The van der Waals surface area contributed by atoms with Crippen LogP contribution in [0.4, 0.5) is 26.3 Å². The highest BCUT2D eigenvalue weighted by Crippen LogP contribution is 2.38. The summed E-state index contributed by atoms with van der Waals surface area (Å²) in [6, 6.07) is 1.30. The molecule has 0 amide bonds. The van der Waals surface area contributed by atoms with E-state index in [0.29, 0.717) is 6.07 Å². The van der Waals surface area contributed by atoms with Gasteiger partial charge in [-0.05, 0) is 24.5 Å². The number of rotatable bonds is 2. The summed E-state index contributed by atoms with van der Waals surface area (Å²) in [5.74, 6) is -9.37. The second-order valence-electron chi connectivity index (χ2n) is 5.26. The van der Waals surface area contributed by atoms with E-state index >= 15 is 0 Å². The Morgan fingerprint density at radius 3 is 1.68 bits per heavy atom. The lowest BCUT2D eigenvalue weighted by Gasteiger charge is -2.17. The highest BCUT2D eigenvalue weighted by Gasteiger charge is 2.28. The Hall–Kier alpha value is -1.98. The van der Waals surface area contributed by atoms with E-state index < -0.39 is 57.5 Å². The van der Waals surface area contributed by atoms with Gasteiger partial charge in [0.25, 0.3) is 0 Å². The molecule has 2 rings (SSSR count). The van der Waals surface area contributed by atoms with Crippen molar-refractivity contribution >= 4 is 0 Å². The SMILES string of the molecule is Cc1c(F)c(F)c(-c2c(F)cc(F)cc2C(C)C)c(F)c1F. The van der Waals surface area contributed by atoms with Crippen molar-refractivity contribution in [2.24, 2.45) is 0 Å². The van der Waals surface area contributed by atoms with Gasteiger partial charge in [0, 0.05) is 17.2 Å². The highest BCUT2D eigenvalue weighted by molar-refractivity contribution is 5.71. The number of hydrogen-bond donors (Lipinski definition) is 0. The van der Waals surface area contributed by atoms with Gasteiger partial charge < -0.3 is 0 Å². The van der Waals surface area contributed by atoms with Crippen molar-refractivity contribution in [3.8, 4) is 11.1 Å².